The number of nitrogens with two attached hydrogens (primary N) is 1. The monoisotopic (exact) mass is 283 g/mol. The molecule has 1 aromatic carbocycles. The van der Waals surface area contributed by atoms with Crippen molar-refractivity contribution in [1.82, 2.24) is 9.97 Å². The molecule has 0 aliphatic carbocycles. The van der Waals surface area contributed by atoms with Gasteiger partial charge in [0.1, 0.15) is 0 Å². The molecule has 0 saturated heterocycles. The highest BCUT2D eigenvalue weighted by molar-refractivity contribution is 6.42. The Morgan fingerprint density at radius 2 is 2.00 bits per heavy atom. The van der Waals surface area contributed by atoms with Gasteiger partial charge in [-0.25, -0.2) is 4.98 Å². The van der Waals surface area contributed by atoms with Crippen molar-refractivity contribution < 1.29 is 0 Å². The summed E-state index contributed by atoms with van der Waals surface area (Å²) in [5.41, 5.74) is 6.91. The third kappa shape index (κ3) is 2.75. The first-order valence-electron chi connectivity index (χ1n) is 5.12. The first-order chi connectivity index (χ1) is 8.60. The summed E-state index contributed by atoms with van der Waals surface area (Å²) in [4.78, 5) is 8.27. The van der Waals surface area contributed by atoms with Gasteiger partial charge in [0.25, 0.3) is 0 Å². The van der Waals surface area contributed by atoms with Crippen LogP contribution in [0.5, 0.6) is 0 Å². The van der Waals surface area contributed by atoms with Gasteiger partial charge in [0.2, 0.25) is 5.95 Å². The molecule has 1 heterocycles. The molecule has 0 aliphatic heterocycles. The number of nitrogens with zero attached hydrogens (tertiary/aromatic N) is 2. The lowest BCUT2D eigenvalue weighted by Crippen LogP contribution is -2.04. The van der Waals surface area contributed by atoms with Crippen LogP contribution in [0.4, 0.5) is 23.1 Å². The molecule has 0 amide bonds. The lowest BCUT2D eigenvalue weighted by molar-refractivity contribution is 1.16. The molecule has 2 aromatic rings. The quantitative estimate of drug-likeness (QED) is 0.807. The van der Waals surface area contributed by atoms with Crippen LogP contribution in [0.1, 0.15) is 0 Å². The van der Waals surface area contributed by atoms with E-state index in [4.69, 9.17) is 28.9 Å². The standard InChI is InChI=1S/C11H11Cl2N5/c1-15-10-9(14)5-16-11(18-10)17-6-2-3-7(12)8(13)4-6/h2-5H,14H2,1H3,(H2,15,16,17,18). The Morgan fingerprint density at radius 3 is 2.67 bits per heavy atom. The zero-order valence-electron chi connectivity index (χ0n) is 9.54. The minimum Gasteiger partial charge on any atom is -0.394 e. The Hall–Kier alpha value is -1.72. The van der Waals surface area contributed by atoms with E-state index in [0.29, 0.717) is 27.5 Å². The van der Waals surface area contributed by atoms with Crippen molar-refractivity contribution in [3.8, 4) is 0 Å². The Bertz CT molecular complexity index is 573. The van der Waals surface area contributed by atoms with Crippen molar-refractivity contribution in [3.63, 3.8) is 0 Å². The maximum Gasteiger partial charge on any atom is 0.229 e. The summed E-state index contributed by atoms with van der Waals surface area (Å²) in [7, 11) is 1.74. The minimum atomic E-state index is 0.423. The van der Waals surface area contributed by atoms with Gasteiger partial charge >= 0.3 is 0 Å². The van der Waals surface area contributed by atoms with Gasteiger partial charge in [-0.15, -0.1) is 0 Å². The summed E-state index contributed by atoms with van der Waals surface area (Å²) in [6.45, 7) is 0. The first-order valence-corrected chi connectivity index (χ1v) is 5.88. The number of benzene rings is 1. The Kier molecular flexibility index (Phi) is 3.74. The number of nitrogens with one attached hydrogen (secondary N) is 2. The lowest BCUT2D eigenvalue weighted by atomic mass is 10.3. The van der Waals surface area contributed by atoms with E-state index >= 15 is 0 Å². The zero-order valence-corrected chi connectivity index (χ0v) is 11.0. The van der Waals surface area contributed by atoms with E-state index < -0.39 is 0 Å². The van der Waals surface area contributed by atoms with Crippen molar-refractivity contribution in [1.29, 1.82) is 0 Å². The number of anilines is 4. The normalized spacial score (nSPS) is 10.2. The highest BCUT2D eigenvalue weighted by atomic mass is 35.5. The second kappa shape index (κ2) is 5.29. The van der Waals surface area contributed by atoms with E-state index in [1.54, 1.807) is 25.2 Å². The van der Waals surface area contributed by atoms with Crippen LogP contribution in [0.15, 0.2) is 24.4 Å². The van der Waals surface area contributed by atoms with Crippen molar-refractivity contribution in [2.24, 2.45) is 0 Å². The van der Waals surface area contributed by atoms with Gasteiger partial charge in [0.05, 0.1) is 21.9 Å². The average molecular weight is 284 g/mol. The predicted molar refractivity (Wildman–Crippen MR) is 75.7 cm³/mol. The summed E-state index contributed by atoms with van der Waals surface area (Å²) in [6, 6.07) is 5.18. The molecule has 4 N–H and O–H groups in total. The van der Waals surface area contributed by atoms with Crippen LogP contribution in [-0.2, 0) is 0 Å². The summed E-state index contributed by atoms with van der Waals surface area (Å²) < 4.78 is 0. The van der Waals surface area contributed by atoms with Crippen LogP contribution in [0.3, 0.4) is 0 Å². The molecule has 0 atom stereocenters. The van der Waals surface area contributed by atoms with Crippen LogP contribution < -0.4 is 16.4 Å². The van der Waals surface area contributed by atoms with Gasteiger partial charge < -0.3 is 16.4 Å². The summed E-state index contributed by atoms with van der Waals surface area (Å²) >= 11 is 11.8. The zero-order chi connectivity index (χ0) is 13.1. The maximum atomic E-state index is 5.92. The number of hydrogen-bond donors (Lipinski definition) is 3. The molecule has 0 aliphatic rings. The van der Waals surface area contributed by atoms with Crippen LogP contribution in [-0.4, -0.2) is 17.0 Å². The molecule has 94 valence electrons. The third-order valence-corrected chi connectivity index (χ3v) is 2.97. The molecule has 0 radical (unpaired) electrons. The van der Waals surface area contributed by atoms with E-state index in [1.807, 2.05) is 0 Å². The van der Waals surface area contributed by atoms with E-state index in [1.165, 1.54) is 6.20 Å². The van der Waals surface area contributed by atoms with Crippen molar-refractivity contribution in [2.45, 2.75) is 0 Å². The molecule has 0 saturated carbocycles. The number of halogens is 2. The van der Waals surface area contributed by atoms with E-state index in [2.05, 4.69) is 20.6 Å². The molecule has 5 nitrogen and oxygen atoms in total. The number of hydrogen-bond acceptors (Lipinski definition) is 5. The number of nitrogen functional groups attached to an aromatic ring is 1. The maximum absolute atomic E-state index is 5.92. The molecule has 0 fully saturated rings. The van der Waals surface area contributed by atoms with E-state index in [9.17, 15) is 0 Å². The van der Waals surface area contributed by atoms with Crippen LogP contribution in [0.2, 0.25) is 10.0 Å². The number of rotatable bonds is 3. The second-order valence-electron chi connectivity index (χ2n) is 3.50. The molecule has 18 heavy (non-hydrogen) atoms. The smallest absolute Gasteiger partial charge is 0.229 e. The highest BCUT2D eigenvalue weighted by Gasteiger charge is 2.04. The van der Waals surface area contributed by atoms with Gasteiger partial charge in [-0.1, -0.05) is 23.2 Å². The van der Waals surface area contributed by atoms with Crippen molar-refractivity contribution in [2.75, 3.05) is 23.4 Å². The van der Waals surface area contributed by atoms with Crippen LogP contribution in [0, 0.1) is 0 Å². The molecular formula is C11H11Cl2N5. The molecule has 0 spiro atoms. The Labute approximate surface area is 114 Å². The summed E-state index contributed by atoms with van der Waals surface area (Å²) in [5.74, 6) is 0.986. The van der Waals surface area contributed by atoms with Gasteiger partial charge in [-0.2, -0.15) is 4.98 Å². The fraction of sp³-hybridized carbons (Fsp3) is 0.0909. The topological polar surface area (TPSA) is 75.9 Å². The van der Waals surface area contributed by atoms with Gasteiger partial charge in [0, 0.05) is 12.7 Å². The lowest BCUT2D eigenvalue weighted by Gasteiger charge is -2.08. The van der Waals surface area contributed by atoms with Crippen LogP contribution >= 0.6 is 23.2 Å². The largest absolute Gasteiger partial charge is 0.394 e. The highest BCUT2D eigenvalue weighted by Crippen LogP contribution is 2.26. The first kappa shape index (κ1) is 12.7. The Balaban J connectivity index is 2.25. The fourth-order valence-corrected chi connectivity index (χ4v) is 1.65. The molecular weight excluding hydrogens is 273 g/mol. The van der Waals surface area contributed by atoms with Crippen LogP contribution in [0.25, 0.3) is 0 Å². The molecule has 2 rings (SSSR count). The molecule has 7 heteroatoms. The number of aromatic nitrogens is 2. The van der Waals surface area contributed by atoms with E-state index in [-0.39, 0.29) is 0 Å². The average Bonchev–Trinajstić information content (AvgIpc) is 2.36. The Morgan fingerprint density at radius 1 is 1.22 bits per heavy atom. The van der Waals surface area contributed by atoms with Crippen molar-refractivity contribution >= 4 is 46.3 Å². The summed E-state index contributed by atoms with van der Waals surface area (Å²) in [5, 5.41) is 6.85. The predicted octanol–water partition coefficient (Wildman–Crippen LogP) is 3.15. The minimum absolute atomic E-state index is 0.423. The molecule has 0 bridgehead atoms. The van der Waals surface area contributed by atoms with Gasteiger partial charge in [0.15, 0.2) is 5.82 Å². The molecule has 0 unspecified atom stereocenters. The third-order valence-electron chi connectivity index (χ3n) is 2.23. The molecule has 1 aromatic heterocycles. The van der Waals surface area contributed by atoms with Crippen molar-refractivity contribution in [3.05, 3.63) is 34.4 Å². The van der Waals surface area contributed by atoms with E-state index in [0.717, 1.165) is 5.69 Å². The SMILES string of the molecule is CNc1nc(Nc2ccc(Cl)c(Cl)c2)ncc1N. The van der Waals surface area contributed by atoms with Gasteiger partial charge in [-0.3, -0.25) is 0 Å². The summed E-state index contributed by atoms with van der Waals surface area (Å²) in [6.07, 6.45) is 1.53. The fourth-order valence-electron chi connectivity index (χ4n) is 1.35. The second-order valence-corrected chi connectivity index (χ2v) is 4.32. The van der Waals surface area contributed by atoms with Gasteiger partial charge in [-0.05, 0) is 18.2 Å².